The fraction of sp³-hybridized carbons (Fsp3) is 0.954. The van der Waals surface area contributed by atoms with Crippen molar-refractivity contribution in [3.63, 3.8) is 0 Å². The van der Waals surface area contributed by atoms with Crippen LogP contribution in [-0.2, 0) is 65.4 Å². The van der Waals surface area contributed by atoms with Crippen molar-refractivity contribution in [1.82, 2.24) is 0 Å². The zero-order chi connectivity index (χ0) is 78.1. The molecule has 0 heterocycles. The average molecular weight is 1550 g/mol. The van der Waals surface area contributed by atoms with E-state index in [0.29, 0.717) is 25.7 Å². The predicted molar refractivity (Wildman–Crippen MR) is 437 cm³/mol. The van der Waals surface area contributed by atoms with Crippen LogP contribution in [0.25, 0.3) is 0 Å². The van der Waals surface area contributed by atoms with Crippen molar-refractivity contribution in [1.29, 1.82) is 0 Å². The fourth-order valence-corrected chi connectivity index (χ4v) is 15.0. The number of rotatable bonds is 84. The number of carbonyl (C=O) groups excluding carboxylic acids is 4. The minimum absolute atomic E-state index is 0.107. The van der Waals surface area contributed by atoms with Gasteiger partial charge in [0.25, 0.3) is 0 Å². The highest BCUT2D eigenvalue weighted by Crippen LogP contribution is 2.45. The Kier molecular flexibility index (Phi) is 74.3. The maximum absolute atomic E-state index is 13.2. The van der Waals surface area contributed by atoms with Crippen molar-refractivity contribution in [2.45, 2.75) is 472 Å². The molecule has 106 heavy (non-hydrogen) atoms. The van der Waals surface area contributed by atoms with E-state index < -0.39 is 97.5 Å². The first-order valence-corrected chi connectivity index (χ1v) is 47.8. The number of phosphoric ester groups is 2. The average Bonchev–Trinajstić information content (AvgIpc) is 0.901. The summed E-state index contributed by atoms with van der Waals surface area (Å²) in [5.41, 5.74) is 0. The van der Waals surface area contributed by atoms with Crippen molar-refractivity contribution in [2.75, 3.05) is 39.6 Å². The molecule has 5 unspecified atom stereocenters. The minimum atomic E-state index is -4.97. The molecule has 19 heteroatoms. The van der Waals surface area contributed by atoms with E-state index in [0.717, 1.165) is 120 Å². The van der Waals surface area contributed by atoms with Gasteiger partial charge in [-0.2, -0.15) is 0 Å². The van der Waals surface area contributed by atoms with Crippen LogP contribution < -0.4 is 0 Å². The van der Waals surface area contributed by atoms with E-state index in [9.17, 15) is 43.2 Å². The van der Waals surface area contributed by atoms with Crippen LogP contribution in [0.5, 0.6) is 0 Å². The van der Waals surface area contributed by atoms with Crippen molar-refractivity contribution in [3.05, 3.63) is 0 Å². The van der Waals surface area contributed by atoms with E-state index in [1.807, 2.05) is 0 Å². The van der Waals surface area contributed by atoms with Crippen LogP contribution in [0.2, 0.25) is 0 Å². The number of ether oxygens (including phenoxy) is 4. The summed E-state index contributed by atoms with van der Waals surface area (Å²) < 4.78 is 68.9. The maximum Gasteiger partial charge on any atom is 0.472 e. The summed E-state index contributed by atoms with van der Waals surface area (Å²) in [6, 6.07) is 0. The molecule has 0 radical (unpaired) electrons. The van der Waals surface area contributed by atoms with Gasteiger partial charge in [0.2, 0.25) is 0 Å². The van der Waals surface area contributed by atoms with Gasteiger partial charge >= 0.3 is 39.5 Å². The quantitative estimate of drug-likeness (QED) is 0.0222. The Hall–Kier alpha value is -1.94. The molecule has 3 N–H and O–H groups in total. The molecular formula is C87H170O17P2. The third kappa shape index (κ3) is 76.1. The molecule has 0 fully saturated rings. The van der Waals surface area contributed by atoms with Gasteiger partial charge < -0.3 is 33.8 Å². The van der Waals surface area contributed by atoms with E-state index in [4.69, 9.17) is 37.0 Å². The summed E-state index contributed by atoms with van der Waals surface area (Å²) in [6.07, 6.45) is 65.2. The van der Waals surface area contributed by atoms with Gasteiger partial charge in [-0.15, -0.1) is 0 Å². The van der Waals surface area contributed by atoms with E-state index in [-0.39, 0.29) is 25.7 Å². The monoisotopic (exact) mass is 1550 g/mol. The van der Waals surface area contributed by atoms with Crippen LogP contribution in [0.4, 0.5) is 0 Å². The highest BCUT2D eigenvalue weighted by molar-refractivity contribution is 7.47. The lowest BCUT2D eigenvalue weighted by Crippen LogP contribution is -2.30. The molecule has 0 amide bonds. The second-order valence-corrected chi connectivity index (χ2v) is 35.4. The number of aliphatic hydroxyl groups excluding tert-OH is 1. The van der Waals surface area contributed by atoms with Crippen molar-refractivity contribution in [3.8, 4) is 0 Å². The van der Waals surface area contributed by atoms with Gasteiger partial charge in [-0.25, -0.2) is 9.13 Å². The van der Waals surface area contributed by atoms with Crippen LogP contribution in [0.3, 0.4) is 0 Å². The molecule has 0 aliphatic carbocycles. The van der Waals surface area contributed by atoms with Crippen LogP contribution in [0, 0.1) is 23.7 Å². The zero-order valence-electron chi connectivity index (χ0n) is 70.1. The smallest absolute Gasteiger partial charge is 0.462 e. The molecule has 0 saturated heterocycles. The lowest BCUT2D eigenvalue weighted by molar-refractivity contribution is -0.161. The third-order valence-electron chi connectivity index (χ3n) is 21.4. The second kappa shape index (κ2) is 75.7. The lowest BCUT2D eigenvalue weighted by atomic mass is 9.99. The molecule has 17 nitrogen and oxygen atoms in total. The first kappa shape index (κ1) is 104. The first-order valence-electron chi connectivity index (χ1n) is 44.8. The molecule has 0 saturated carbocycles. The summed E-state index contributed by atoms with van der Waals surface area (Å²) in [5.74, 6) is 1.13. The zero-order valence-corrected chi connectivity index (χ0v) is 71.9. The van der Waals surface area contributed by atoms with Crippen molar-refractivity contribution >= 4 is 39.5 Å². The Bertz CT molecular complexity index is 2060. The number of aliphatic hydroxyl groups is 1. The molecule has 0 aliphatic heterocycles. The van der Waals surface area contributed by atoms with E-state index in [1.54, 1.807) is 0 Å². The highest BCUT2D eigenvalue weighted by atomic mass is 31.2. The number of carbonyl (C=O) groups is 4. The van der Waals surface area contributed by atoms with Gasteiger partial charge in [-0.1, -0.05) is 402 Å². The van der Waals surface area contributed by atoms with Crippen molar-refractivity contribution < 1.29 is 80.2 Å². The van der Waals surface area contributed by atoms with E-state index >= 15 is 0 Å². The highest BCUT2D eigenvalue weighted by Gasteiger charge is 2.31. The standard InChI is InChI=1S/C87H170O17P2/c1-9-78(6)64-56-48-40-34-28-22-16-14-12-13-15-17-24-31-37-43-53-61-69-86(91)103-82(73-97-84(89)67-59-51-42-36-30-26-20-21-27-33-39-47-55-63-77(4)5)75-101-105(93,94)99-71-81(88)72-100-106(95,96)102-76-83(74-98-85(90)68-60-52-46-45-50-58-66-80(8)11-3)104-87(92)70-62-54-44-38-32-25-19-18-23-29-35-41-49-57-65-79(7)10-2/h77-83,88H,9-76H2,1-8H3,(H,93,94)(H,95,96)/t78?,79?,80?,81-,82-,83-/m1/s1. The summed E-state index contributed by atoms with van der Waals surface area (Å²) in [7, 11) is -9.93. The Morgan fingerprint density at radius 2 is 0.453 bits per heavy atom. The normalized spacial score (nSPS) is 14.7. The van der Waals surface area contributed by atoms with Crippen LogP contribution in [0.1, 0.15) is 453 Å². The van der Waals surface area contributed by atoms with Crippen LogP contribution >= 0.6 is 15.6 Å². The Morgan fingerprint density at radius 3 is 0.670 bits per heavy atom. The lowest BCUT2D eigenvalue weighted by Gasteiger charge is -2.21. The molecule has 8 atom stereocenters. The number of esters is 4. The van der Waals surface area contributed by atoms with Gasteiger partial charge in [0.05, 0.1) is 26.4 Å². The molecule has 0 rings (SSSR count). The van der Waals surface area contributed by atoms with Gasteiger partial charge in [0.1, 0.15) is 19.3 Å². The maximum atomic E-state index is 13.2. The second-order valence-electron chi connectivity index (χ2n) is 32.5. The Labute approximate surface area is 651 Å². The number of phosphoric acid groups is 2. The number of hydrogen-bond acceptors (Lipinski definition) is 15. The molecule has 0 aromatic rings. The van der Waals surface area contributed by atoms with Gasteiger partial charge in [0, 0.05) is 25.7 Å². The summed E-state index contributed by atoms with van der Waals surface area (Å²) in [5, 5.41) is 10.7. The minimum Gasteiger partial charge on any atom is -0.462 e. The molecule has 630 valence electrons. The summed E-state index contributed by atoms with van der Waals surface area (Å²) >= 11 is 0. The largest absolute Gasteiger partial charge is 0.472 e. The molecule has 0 aromatic heterocycles. The summed E-state index contributed by atoms with van der Waals surface area (Å²) in [4.78, 5) is 73.2. The SMILES string of the molecule is CCC(C)CCCCCCCCCCCCCCCCCCCCC(=O)O[C@H](COC(=O)CCCCCCCCCCCCCCCC(C)C)COP(=O)(O)OC[C@@H](O)COP(=O)(O)OC[C@@H](COC(=O)CCCCCCCCC(C)CC)OC(=O)CCCCCCCCCCCCCCCCC(C)CC. The van der Waals surface area contributed by atoms with Gasteiger partial charge in [-0.3, -0.25) is 37.3 Å². The third-order valence-corrected chi connectivity index (χ3v) is 23.3. The summed E-state index contributed by atoms with van der Waals surface area (Å²) in [6.45, 7) is 14.4. The fourth-order valence-electron chi connectivity index (χ4n) is 13.4. The van der Waals surface area contributed by atoms with Gasteiger partial charge in [-0.05, 0) is 49.4 Å². The topological polar surface area (TPSA) is 237 Å². The van der Waals surface area contributed by atoms with Crippen LogP contribution in [0.15, 0.2) is 0 Å². The predicted octanol–water partition coefficient (Wildman–Crippen LogP) is 26.3. The first-order chi connectivity index (χ1) is 51.2. The van der Waals surface area contributed by atoms with Crippen LogP contribution in [-0.4, -0.2) is 96.7 Å². The van der Waals surface area contributed by atoms with Gasteiger partial charge in [0.15, 0.2) is 12.2 Å². The van der Waals surface area contributed by atoms with E-state index in [2.05, 4.69) is 55.4 Å². The van der Waals surface area contributed by atoms with E-state index in [1.165, 1.54) is 250 Å². The molecule has 0 bridgehead atoms. The molecule has 0 aliphatic rings. The molecular weight excluding hydrogens is 1380 g/mol. The number of hydrogen-bond donors (Lipinski definition) is 3. The Morgan fingerprint density at radius 1 is 0.264 bits per heavy atom. The number of unbranched alkanes of at least 4 members (excludes halogenated alkanes) is 47. The molecule has 0 spiro atoms. The Balaban J connectivity index is 5.23. The van der Waals surface area contributed by atoms with Crippen molar-refractivity contribution in [2.24, 2.45) is 23.7 Å². The molecule has 0 aromatic carbocycles.